The Bertz CT molecular complexity index is 743. The van der Waals surface area contributed by atoms with E-state index in [2.05, 4.69) is 15.0 Å². The summed E-state index contributed by atoms with van der Waals surface area (Å²) in [6, 6.07) is 3.11. The molecule has 2 rings (SSSR count). The zero-order chi connectivity index (χ0) is 15.8. The molecule has 0 spiro atoms. The molecule has 1 heterocycles. The van der Waals surface area contributed by atoms with Gasteiger partial charge in [0, 0.05) is 16.0 Å². The Morgan fingerprint density at radius 2 is 1.71 bits per heavy atom. The van der Waals surface area contributed by atoms with Crippen molar-refractivity contribution in [1.29, 1.82) is 0 Å². The van der Waals surface area contributed by atoms with Gasteiger partial charge in [-0.15, -0.1) is 0 Å². The lowest BCUT2D eigenvalue weighted by Gasteiger charge is -2.13. The summed E-state index contributed by atoms with van der Waals surface area (Å²) in [5, 5.41) is 2.70. The van der Waals surface area contributed by atoms with Gasteiger partial charge in [0.2, 0.25) is 0 Å². The van der Waals surface area contributed by atoms with Crippen molar-refractivity contribution in [2.45, 2.75) is 12.4 Å². The zero-order valence-corrected chi connectivity index (χ0v) is 9.87. The van der Waals surface area contributed by atoms with E-state index in [0.29, 0.717) is 12.1 Å². The van der Waals surface area contributed by atoms with Gasteiger partial charge in [-0.25, -0.2) is 4.98 Å². The molecule has 0 aliphatic heterocycles. The molecule has 110 valence electrons. The molecule has 0 fully saturated rings. The quantitative estimate of drug-likeness (QED) is 0.308. The minimum Gasteiger partial charge on any atom is -0.243 e. The van der Waals surface area contributed by atoms with Crippen LogP contribution in [0.1, 0.15) is 11.3 Å². The highest BCUT2D eigenvalue weighted by Crippen LogP contribution is 2.39. The van der Waals surface area contributed by atoms with E-state index in [1.807, 2.05) is 0 Å². The van der Waals surface area contributed by atoms with Gasteiger partial charge in [0.1, 0.15) is 5.69 Å². The van der Waals surface area contributed by atoms with Crippen molar-refractivity contribution in [3.63, 3.8) is 0 Å². The Labute approximate surface area is 112 Å². The van der Waals surface area contributed by atoms with Gasteiger partial charge in [-0.2, -0.15) is 26.3 Å². The fraction of sp³-hybridized carbons (Fsp3) is 0.182. The summed E-state index contributed by atoms with van der Waals surface area (Å²) in [4.78, 5) is 5.35. The van der Waals surface area contributed by atoms with E-state index in [1.165, 1.54) is 0 Å². The molecule has 0 saturated heterocycles. The van der Waals surface area contributed by atoms with E-state index < -0.39 is 34.8 Å². The van der Waals surface area contributed by atoms with Crippen LogP contribution in [0, 0.1) is 0 Å². The van der Waals surface area contributed by atoms with Gasteiger partial charge >= 0.3 is 12.4 Å². The number of aromatic nitrogens is 1. The number of para-hydroxylation sites is 1. The lowest BCUT2D eigenvalue weighted by atomic mass is 10.1. The molecule has 0 amide bonds. The average Bonchev–Trinajstić information content (AvgIpc) is 2.36. The van der Waals surface area contributed by atoms with Crippen molar-refractivity contribution in [2.24, 2.45) is 5.11 Å². The number of benzene rings is 1. The number of nitrogens with zero attached hydrogens (tertiary/aromatic N) is 4. The maximum atomic E-state index is 12.8. The highest BCUT2D eigenvalue weighted by Gasteiger charge is 2.37. The lowest BCUT2D eigenvalue weighted by Crippen LogP contribution is -2.11. The molecule has 0 radical (unpaired) electrons. The summed E-state index contributed by atoms with van der Waals surface area (Å²) >= 11 is 0. The van der Waals surface area contributed by atoms with E-state index in [4.69, 9.17) is 5.53 Å². The summed E-state index contributed by atoms with van der Waals surface area (Å²) in [7, 11) is 0. The molecule has 2 aromatic rings. The van der Waals surface area contributed by atoms with Crippen molar-refractivity contribution in [3.8, 4) is 0 Å². The first kappa shape index (κ1) is 14.9. The Hall–Kier alpha value is -2.48. The van der Waals surface area contributed by atoms with Crippen molar-refractivity contribution < 1.29 is 26.3 Å². The van der Waals surface area contributed by atoms with Gasteiger partial charge in [0.25, 0.3) is 0 Å². The molecular weight excluding hydrogens is 302 g/mol. The fourth-order valence-electron chi connectivity index (χ4n) is 1.74. The van der Waals surface area contributed by atoms with Crippen LogP contribution in [0.2, 0.25) is 0 Å². The number of alkyl halides is 6. The molecule has 0 unspecified atom stereocenters. The monoisotopic (exact) mass is 306 g/mol. The van der Waals surface area contributed by atoms with Crippen LogP contribution in [-0.4, -0.2) is 4.98 Å². The van der Waals surface area contributed by atoms with Crippen LogP contribution in [0.4, 0.5) is 32.0 Å². The number of halogens is 6. The van der Waals surface area contributed by atoms with Gasteiger partial charge in [-0.1, -0.05) is 17.2 Å². The normalized spacial score (nSPS) is 12.3. The topological polar surface area (TPSA) is 61.7 Å². The second kappa shape index (κ2) is 4.81. The van der Waals surface area contributed by atoms with Crippen LogP contribution >= 0.6 is 0 Å². The first-order valence-electron chi connectivity index (χ1n) is 5.28. The maximum Gasteiger partial charge on any atom is 0.433 e. The number of pyridine rings is 1. The number of hydrogen-bond donors (Lipinski definition) is 0. The van der Waals surface area contributed by atoms with Crippen LogP contribution in [-0.2, 0) is 12.4 Å². The Morgan fingerprint density at radius 3 is 2.24 bits per heavy atom. The molecule has 10 heteroatoms. The largest absolute Gasteiger partial charge is 0.433 e. The van der Waals surface area contributed by atoms with Crippen LogP contribution in [0.3, 0.4) is 0 Å². The molecule has 0 atom stereocenters. The van der Waals surface area contributed by atoms with Crippen LogP contribution in [0.25, 0.3) is 21.3 Å². The average molecular weight is 306 g/mol. The summed E-state index contributed by atoms with van der Waals surface area (Å²) in [6.07, 6.45) is -9.85. The second-order valence-corrected chi connectivity index (χ2v) is 3.91. The van der Waals surface area contributed by atoms with E-state index in [-0.39, 0.29) is 5.39 Å². The van der Waals surface area contributed by atoms with Crippen molar-refractivity contribution in [2.75, 3.05) is 0 Å². The summed E-state index contributed by atoms with van der Waals surface area (Å²) in [5.41, 5.74) is 3.96. The Balaban J connectivity index is 2.93. The molecule has 1 aromatic heterocycles. The molecular formula is C11H4F6N4. The Kier molecular flexibility index (Phi) is 3.42. The molecule has 1 aromatic carbocycles. The molecule has 4 nitrogen and oxygen atoms in total. The van der Waals surface area contributed by atoms with Gasteiger partial charge in [-0.05, 0) is 17.7 Å². The summed E-state index contributed by atoms with van der Waals surface area (Å²) < 4.78 is 76.6. The fourth-order valence-corrected chi connectivity index (χ4v) is 1.74. The van der Waals surface area contributed by atoms with Gasteiger partial charge in [0.15, 0.2) is 0 Å². The molecule has 0 aliphatic rings. The highest BCUT2D eigenvalue weighted by atomic mass is 19.4. The standard InChI is InChI=1S/C11H4F6N4/c12-10(13,14)6-3-1-2-5-7(20-21-18)4-8(11(15,16)17)19-9(5)6/h1-4H. The van der Waals surface area contributed by atoms with Gasteiger partial charge in [0.05, 0.1) is 11.1 Å². The Morgan fingerprint density at radius 1 is 1.05 bits per heavy atom. The molecule has 0 bridgehead atoms. The molecule has 0 aliphatic carbocycles. The van der Waals surface area contributed by atoms with Crippen molar-refractivity contribution >= 4 is 16.6 Å². The van der Waals surface area contributed by atoms with Gasteiger partial charge in [-0.3, -0.25) is 0 Å². The molecule has 0 saturated carbocycles. The molecule has 0 N–H and O–H groups in total. The third-order valence-electron chi connectivity index (χ3n) is 2.57. The SMILES string of the molecule is [N-]=[N+]=Nc1cc(C(F)(F)F)nc2c(C(F)(F)F)cccc12. The number of rotatable bonds is 1. The van der Waals surface area contributed by atoms with E-state index in [1.54, 1.807) is 0 Å². The summed E-state index contributed by atoms with van der Waals surface area (Å²) in [5.74, 6) is 0. The summed E-state index contributed by atoms with van der Waals surface area (Å²) in [6.45, 7) is 0. The zero-order valence-electron chi connectivity index (χ0n) is 9.87. The third kappa shape index (κ3) is 2.84. The number of hydrogen-bond acceptors (Lipinski definition) is 2. The van der Waals surface area contributed by atoms with Crippen LogP contribution < -0.4 is 0 Å². The van der Waals surface area contributed by atoms with E-state index in [0.717, 1.165) is 12.1 Å². The third-order valence-corrected chi connectivity index (χ3v) is 2.57. The highest BCUT2D eigenvalue weighted by molar-refractivity contribution is 5.92. The first-order valence-corrected chi connectivity index (χ1v) is 5.28. The maximum absolute atomic E-state index is 12.8. The number of fused-ring (bicyclic) bond motifs is 1. The van der Waals surface area contributed by atoms with E-state index in [9.17, 15) is 26.3 Å². The first-order chi connectivity index (χ1) is 9.64. The van der Waals surface area contributed by atoms with E-state index >= 15 is 0 Å². The predicted molar refractivity (Wildman–Crippen MR) is 60.6 cm³/mol. The minimum atomic E-state index is -4.97. The minimum absolute atomic E-state index is 0.310. The number of azide groups is 1. The second-order valence-electron chi connectivity index (χ2n) is 3.91. The predicted octanol–water partition coefficient (Wildman–Crippen LogP) is 5.21. The van der Waals surface area contributed by atoms with Gasteiger partial charge < -0.3 is 0 Å². The lowest BCUT2D eigenvalue weighted by molar-refractivity contribution is -0.142. The molecule has 21 heavy (non-hydrogen) atoms. The van der Waals surface area contributed by atoms with Crippen LogP contribution in [0.5, 0.6) is 0 Å². The van der Waals surface area contributed by atoms with Crippen molar-refractivity contribution in [3.05, 3.63) is 46.0 Å². The van der Waals surface area contributed by atoms with Crippen LogP contribution in [0.15, 0.2) is 29.4 Å². The van der Waals surface area contributed by atoms with Crippen molar-refractivity contribution in [1.82, 2.24) is 4.98 Å². The smallest absolute Gasteiger partial charge is 0.243 e.